The summed E-state index contributed by atoms with van der Waals surface area (Å²) in [5.41, 5.74) is 3.74. The van der Waals surface area contributed by atoms with Gasteiger partial charge < -0.3 is 4.90 Å². The van der Waals surface area contributed by atoms with Gasteiger partial charge in [0.1, 0.15) is 0 Å². The van der Waals surface area contributed by atoms with Gasteiger partial charge in [0.25, 0.3) is 0 Å². The van der Waals surface area contributed by atoms with Gasteiger partial charge in [-0.25, -0.2) is 0 Å². The summed E-state index contributed by atoms with van der Waals surface area (Å²) in [5, 5.41) is 0. The van der Waals surface area contributed by atoms with Crippen LogP contribution in [0.15, 0.2) is 48.8 Å². The molecule has 3 rings (SSSR count). The van der Waals surface area contributed by atoms with E-state index < -0.39 is 0 Å². The van der Waals surface area contributed by atoms with Crippen molar-refractivity contribution >= 4 is 5.69 Å². The zero-order valence-electron chi connectivity index (χ0n) is 13.6. The number of aromatic nitrogens is 1. The number of rotatable bonds is 4. The molecule has 22 heavy (non-hydrogen) atoms. The highest BCUT2D eigenvalue weighted by atomic mass is 15.3. The third-order valence-electron chi connectivity index (χ3n) is 4.22. The van der Waals surface area contributed by atoms with Crippen molar-refractivity contribution in [1.29, 1.82) is 0 Å². The van der Waals surface area contributed by atoms with E-state index in [2.05, 4.69) is 59.0 Å². The Morgan fingerprint density at radius 2 is 1.68 bits per heavy atom. The summed E-state index contributed by atoms with van der Waals surface area (Å²) in [5.74, 6) is 0.755. The highest BCUT2D eigenvalue weighted by Crippen LogP contribution is 2.23. The molecule has 1 saturated heterocycles. The Morgan fingerprint density at radius 1 is 0.955 bits per heavy atom. The highest BCUT2D eigenvalue weighted by Gasteiger charge is 2.17. The van der Waals surface area contributed by atoms with Gasteiger partial charge in [-0.15, -0.1) is 0 Å². The molecule has 116 valence electrons. The molecule has 0 radical (unpaired) electrons. The van der Waals surface area contributed by atoms with Crippen LogP contribution < -0.4 is 4.90 Å². The highest BCUT2D eigenvalue weighted by molar-refractivity contribution is 5.65. The van der Waals surface area contributed by atoms with Crippen molar-refractivity contribution < 1.29 is 0 Å². The molecule has 2 heterocycles. The maximum Gasteiger partial charge on any atom is 0.0367 e. The minimum absolute atomic E-state index is 0.755. The molecule has 0 saturated carbocycles. The van der Waals surface area contributed by atoms with E-state index in [1.54, 1.807) is 0 Å². The molecular formula is C19H25N3. The Kier molecular flexibility index (Phi) is 4.74. The van der Waals surface area contributed by atoms with Crippen LogP contribution in [0.1, 0.15) is 13.8 Å². The molecule has 1 aliphatic heterocycles. The molecule has 0 atom stereocenters. The zero-order chi connectivity index (χ0) is 15.4. The first-order valence-electron chi connectivity index (χ1n) is 8.20. The number of nitrogens with zero attached hydrogens (tertiary/aromatic N) is 3. The van der Waals surface area contributed by atoms with Crippen LogP contribution in [0.3, 0.4) is 0 Å². The van der Waals surface area contributed by atoms with E-state index in [-0.39, 0.29) is 0 Å². The molecule has 1 aromatic heterocycles. The fourth-order valence-electron chi connectivity index (χ4n) is 3.10. The summed E-state index contributed by atoms with van der Waals surface area (Å²) >= 11 is 0. The van der Waals surface area contributed by atoms with Gasteiger partial charge in [0.2, 0.25) is 0 Å². The zero-order valence-corrected chi connectivity index (χ0v) is 13.6. The van der Waals surface area contributed by atoms with Gasteiger partial charge in [-0.05, 0) is 35.2 Å². The number of benzene rings is 1. The van der Waals surface area contributed by atoms with Gasteiger partial charge in [-0.2, -0.15) is 0 Å². The summed E-state index contributed by atoms with van der Waals surface area (Å²) in [4.78, 5) is 9.25. The Labute approximate surface area is 133 Å². The average Bonchev–Trinajstić information content (AvgIpc) is 2.56. The monoisotopic (exact) mass is 295 g/mol. The van der Waals surface area contributed by atoms with Gasteiger partial charge >= 0.3 is 0 Å². The molecule has 3 heteroatoms. The van der Waals surface area contributed by atoms with Gasteiger partial charge in [0.05, 0.1) is 0 Å². The van der Waals surface area contributed by atoms with Crippen LogP contribution in [0, 0.1) is 5.92 Å². The van der Waals surface area contributed by atoms with E-state index in [0.717, 1.165) is 19.0 Å². The molecule has 3 nitrogen and oxygen atoms in total. The molecular weight excluding hydrogens is 270 g/mol. The SMILES string of the molecule is CC(C)CN1CCN(c2ccc(-c3cccnc3)cc2)CC1. The van der Waals surface area contributed by atoms with Gasteiger partial charge in [0.15, 0.2) is 0 Å². The maximum absolute atomic E-state index is 4.19. The van der Waals surface area contributed by atoms with Crippen molar-refractivity contribution in [1.82, 2.24) is 9.88 Å². The van der Waals surface area contributed by atoms with E-state index in [9.17, 15) is 0 Å². The van der Waals surface area contributed by atoms with Crippen molar-refractivity contribution in [3.8, 4) is 11.1 Å². The fourth-order valence-corrected chi connectivity index (χ4v) is 3.10. The molecule has 1 fully saturated rings. The van der Waals surface area contributed by atoms with E-state index in [1.807, 2.05) is 18.5 Å². The van der Waals surface area contributed by atoms with E-state index in [4.69, 9.17) is 0 Å². The summed E-state index contributed by atoms with van der Waals surface area (Å²) in [7, 11) is 0. The van der Waals surface area contributed by atoms with Crippen LogP contribution in [0.2, 0.25) is 0 Å². The Balaban J connectivity index is 1.62. The van der Waals surface area contributed by atoms with Gasteiger partial charge in [0, 0.05) is 50.8 Å². The molecule has 0 aliphatic carbocycles. The number of pyridine rings is 1. The van der Waals surface area contributed by atoms with Crippen molar-refractivity contribution in [2.75, 3.05) is 37.6 Å². The topological polar surface area (TPSA) is 19.4 Å². The molecule has 0 bridgehead atoms. The van der Waals surface area contributed by atoms with Crippen LogP contribution in [0.5, 0.6) is 0 Å². The van der Waals surface area contributed by atoms with Crippen LogP contribution in [0.4, 0.5) is 5.69 Å². The smallest absolute Gasteiger partial charge is 0.0367 e. The second-order valence-corrected chi connectivity index (χ2v) is 6.47. The summed E-state index contributed by atoms with van der Waals surface area (Å²) < 4.78 is 0. The first kappa shape index (κ1) is 15.0. The van der Waals surface area contributed by atoms with Crippen LogP contribution in [-0.4, -0.2) is 42.6 Å². The van der Waals surface area contributed by atoms with Crippen LogP contribution in [0.25, 0.3) is 11.1 Å². The standard InChI is InChI=1S/C19H25N3/c1-16(2)15-21-10-12-22(13-11-21)19-7-5-17(6-8-19)18-4-3-9-20-14-18/h3-9,14,16H,10-13,15H2,1-2H3. The third-order valence-corrected chi connectivity index (χ3v) is 4.22. The lowest BCUT2D eigenvalue weighted by Gasteiger charge is -2.36. The Bertz CT molecular complexity index is 569. The molecule has 0 N–H and O–H groups in total. The predicted octanol–water partition coefficient (Wildman–Crippen LogP) is 3.53. The molecule has 2 aromatic rings. The predicted molar refractivity (Wildman–Crippen MR) is 93.2 cm³/mol. The molecule has 1 aromatic carbocycles. The van der Waals surface area contributed by atoms with E-state index in [0.29, 0.717) is 0 Å². The van der Waals surface area contributed by atoms with Crippen LogP contribution >= 0.6 is 0 Å². The number of piperazine rings is 1. The first-order valence-corrected chi connectivity index (χ1v) is 8.20. The van der Waals surface area contributed by atoms with Gasteiger partial charge in [-0.3, -0.25) is 9.88 Å². The normalized spacial score (nSPS) is 16.2. The molecule has 0 spiro atoms. The maximum atomic E-state index is 4.19. The quantitative estimate of drug-likeness (QED) is 0.860. The number of hydrogen-bond acceptors (Lipinski definition) is 3. The minimum atomic E-state index is 0.755. The van der Waals surface area contributed by atoms with E-state index >= 15 is 0 Å². The van der Waals surface area contributed by atoms with Crippen molar-refractivity contribution in [2.24, 2.45) is 5.92 Å². The molecule has 0 unspecified atom stereocenters. The lowest BCUT2D eigenvalue weighted by atomic mass is 10.1. The Hall–Kier alpha value is -1.87. The number of anilines is 1. The Morgan fingerprint density at radius 3 is 2.27 bits per heavy atom. The van der Waals surface area contributed by atoms with Crippen molar-refractivity contribution in [3.05, 3.63) is 48.8 Å². The van der Waals surface area contributed by atoms with Crippen LogP contribution in [-0.2, 0) is 0 Å². The molecule has 1 aliphatic rings. The minimum Gasteiger partial charge on any atom is -0.369 e. The summed E-state index contributed by atoms with van der Waals surface area (Å²) in [6.07, 6.45) is 3.73. The first-order chi connectivity index (χ1) is 10.7. The molecule has 0 amide bonds. The largest absolute Gasteiger partial charge is 0.369 e. The van der Waals surface area contributed by atoms with Crippen molar-refractivity contribution in [2.45, 2.75) is 13.8 Å². The summed E-state index contributed by atoms with van der Waals surface area (Å²) in [6, 6.07) is 13.0. The third kappa shape index (κ3) is 3.66. The van der Waals surface area contributed by atoms with Crippen molar-refractivity contribution in [3.63, 3.8) is 0 Å². The fraction of sp³-hybridized carbons (Fsp3) is 0.421. The lowest BCUT2D eigenvalue weighted by Crippen LogP contribution is -2.47. The summed E-state index contributed by atoms with van der Waals surface area (Å²) in [6.45, 7) is 10.4. The second kappa shape index (κ2) is 6.93. The second-order valence-electron chi connectivity index (χ2n) is 6.47. The van der Waals surface area contributed by atoms with Gasteiger partial charge in [-0.1, -0.05) is 32.0 Å². The van der Waals surface area contributed by atoms with E-state index in [1.165, 1.54) is 36.4 Å². The average molecular weight is 295 g/mol. The number of hydrogen-bond donors (Lipinski definition) is 0. The lowest BCUT2D eigenvalue weighted by molar-refractivity contribution is 0.231.